The number of likely N-dealkylation sites (N-methyl/N-ethyl adjacent to an activating group) is 4. The number of unbranched alkanes of at least 4 members (excludes halogenated alkanes) is 12. The Hall–Kier alpha value is -1.77. The maximum absolute atomic E-state index is 12.4. The fraction of sp³-hybridized carbons (Fsp3) is 0.852. The van der Waals surface area contributed by atoms with Gasteiger partial charge < -0.3 is 19.6 Å². The zero-order valence-corrected chi connectivity index (χ0v) is 24.5. The number of amides is 4. The first-order valence-corrected chi connectivity index (χ1v) is 14.3. The van der Waals surface area contributed by atoms with Crippen LogP contribution < -0.4 is 0 Å². The summed E-state index contributed by atoms with van der Waals surface area (Å²) in [4.78, 5) is 54.3. The molecule has 0 spiro atoms. The van der Waals surface area contributed by atoms with Crippen LogP contribution in [0.25, 0.3) is 0 Å². The van der Waals surface area contributed by atoms with Crippen LogP contribution in [0.4, 0.5) is 0 Å². The zero-order chi connectivity index (χ0) is 27.3. The first-order valence-electron chi connectivity index (χ1n) is 13.6. The minimum Gasteiger partial charge on any atom is -0.347 e. The van der Waals surface area contributed by atoms with Gasteiger partial charge in [0.2, 0.25) is 23.6 Å². The van der Waals surface area contributed by atoms with Gasteiger partial charge in [0, 0.05) is 41.7 Å². The zero-order valence-electron chi connectivity index (χ0n) is 23.6. The van der Waals surface area contributed by atoms with Crippen molar-refractivity contribution < 1.29 is 19.2 Å². The van der Waals surface area contributed by atoms with Gasteiger partial charge in [-0.3, -0.25) is 19.2 Å². The van der Waals surface area contributed by atoms with Gasteiger partial charge in [-0.25, -0.2) is 0 Å². The second kappa shape index (κ2) is 21.3. The monoisotopic (exact) mass is 528 g/mol. The summed E-state index contributed by atoms with van der Waals surface area (Å²) in [6.07, 6.45) is 16.5. The molecule has 0 aliphatic rings. The Morgan fingerprint density at radius 2 is 0.750 bits per heavy atom. The van der Waals surface area contributed by atoms with Crippen LogP contribution in [0.5, 0.6) is 0 Å². The van der Waals surface area contributed by atoms with Crippen molar-refractivity contribution in [3.8, 4) is 0 Å². The first-order chi connectivity index (χ1) is 17.1. The fourth-order valence-electron chi connectivity index (χ4n) is 3.78. The molecule has 0 N–H and O–H groups in total. The van der Waals surface area contributed by atoms with E-state index in [1.165, 1.54) is 97.9 Å². The van der Waals surface area contributed by atoms with Crippen LogP contribution in [0.3, 0.4) is 0 Å². The van der Waals surface area contributed by atoms with Gasteiger partial charge in [0.15, 0.2) is 0 Å². The minimum atomic E-state index is -0.324. The van der Waals surface area contributed by atoms with Gasteiger partial charge in [0.05, 0.1) is 19.6 Å². The molecule has 0 aliphatic heterocycles. The van der Waals surface area contributed by atoms with Gasteiger partial charge in [0.25, 0.3) is 0 Å². The van der Waals surface area contributed by atoms with E-state index >= 15 is 0 Å². The molecule has 0 aliphatic carbocycles. The van der Waals surface area contributed by atoms with Crippen LogP contribution in [-0.4, -0.2) is 104 Å². The van der Waals surface area contributed by atoms with E-state index in [4.69, 9.17) is 0 Å². The lowest BCUT2D eigenvalue weighted by atomic mass is 10.0. The van der Waals surface area contributed by atoms with Crippen molar-refractivity contribution in [2.45, 2.75) is 89.9 Å². The average Bonchev–Trinajstić information content (AvgIpc) is 2.83. The van der Waals surface area contributed by atoms with E-state index < -0.39 is 0 Å². The number of hydrogen-bond donors (Lipinski definition) is 1. The summed E-state index contributed by atoms with van der Waals surface area (Å²) in [5.74, 6) is 0.143. The van der Waals surface area contributed by atoms with Crippen LogP contribution in [-0.2, 0) is 19.2 Å². The molecule has 0 radical (unpaired) electrons. The van der Waals surface area contributed by atoms with Gasteiger partial charge in [-0.05, 0) is 18.6 Å². The SMILES string of the molecule is CN(C)C(=O)CN(C)C(=O)CN(C)C(=O)CN(C)C(=O)CCCCCCCCCCCCCCCS. The number of rotatable bonds is 21. The maximum atomic E-state index is 12.4. The molecule has 0 heterocycles. The topological polar surface area (TPSA) is 81.2 Å². The fourth-order valence-corrected chi connectivity index (χ4v) is 4.00. The second-order valence-corrected chi connectivity index (χ2v) is 10.6. The average molecular weight is 529 g/mol. The highest BCUT2D eigenvalue weighted by Crippen LogP contribution is 2.13. The maximum Gasteiger partial charge on any atom is 0.242 e. The van der Waals surface area contributed by atoms with E-state index in [0.717, 1.165) is 25.0 Å². The van der Waals surface area contributed by atoms with Gasteiger partial charge in [-0.15, -0.1) is 0 Å². The lowest BCUT2D eigenvalue weighted by Gasteiger charge is -2.24. The summed E-state index contributed by atoms with van der Waals surface area (Å²) in [7, 11) is 7.94. The van der Waals surface area contributed by atoms with E-state index in [0.29, 0.717) is 6.42 Å². The Labute approximate surface area is 225 Å². The number of carbonyl (C=O) groups excluding carboxylic acids is 4. The first kappa shape index (κ1) is 34.2. The van der Waals surface area contributed by atoms with E-state index in [9.17, 15) is 19.2 Å². The third-order valence-corrected chi connectivity index (χ3v) is 6.76. The molecular weight excluding hydrogens is 476 g/mol. The van der Waals surface area contributed by atoms with E-state index in [2.05, 4.69) is 12.6 Å². The highest BCUT2D eigenvalue weighted by molar-refractivity contribution is 7.80. The van der Waals surface area contributed by atoms with Crippen molar-refractivity contribution in [3.63, 3.8) is 0 Å². The smallest absolute Gasteiger partial charge is 0.242 e. The predicted octanol–water partition coefficient (Wildman–Crippen LogP) is 3.84. The molecule has 0 aromatic carbocycles. The standard InChI is InChI=1S/C27H52N4O4S/c1-28(2)25(33)21-30(4)27(35)23-31(5)26(34)22-29(3)24(32)19-17-15-13-11-9-7-6-8-10-12-14-16-18-20-36/h36H,6-23H2,1-5H3. The van der Waals surface area contributed by atoms with Crippen molar-refractivity contribution in [1.29, 1.82) is 0 Å². The van der Waals surface area contributed by atoms with Gasteiger partial charge in [-0.2, -0.15) is 12.6 Å². The van der Waals surface area contributed by atoms with Crippen molar-refractivity contribution in [1.82, 2.24) is 19.6 Å². The van der Waals surface area contributed by atoms with Crippen LogP contribution in [0.1, 0.15) is 89.9 Å². The third-order valence-electron chi connectivity index (χ3n) is 6.44. The van der Waals surface area contributed by atoms with Gasteiger partial charge in [0.1, 0.15) is 0 Å². The van der Waals surface area contributed by atoms with Gasteiger partial charge in [-0.1, -0.05) is 70.6 Å². The Morgan fingerprint density at radius 1 is 0.444 bits per heavy atom. The molecule has 8 nitrogen and oxygen atoms in total. The molecule has 0 saturated carbocycles. The van der Waals surface area contributed by atoms with Crippen LogP contribution in [0, 0.1) is 0 Å². The Balaban J connectivity index is 3.88. The third kappa shape index (κ3) is 17.6. The normalized spacial score (nSPS) is 10.7. The molecule has 36 heavy (non-hydrogen) atoms. The molecule has 0 unspecified atom stereocenters. The Kier molecular flexibility index (Phi) is 20.3. The predicted molar refractivity (Wildman–Crippen MR) is 150 cm³/mol. The van der Waals surface area contributed by atoms with Gasteiger partial charge >= 0.3 is 0 Å². The van der Waals surface area contributed by atoms with Crippen molar-refractivity contribution in [2.75, 3.05) is 60.6 Å². The van der Waals surface area contributed by atoms with Crippen LogP contribution in [0.15, 0.2) is 0 Å². The van der Waals surface area contributed by atoms with Crippen molar-refractivity contribution in [3.05, 3.63) is 0 Å². The number of nitrogens with zero attached hydrogens (tertiary/aromatic N) is 4. The largest absolute Gasteiger partial charge is 0.347 e. The number of carbonyl (C=O) groups is 4. The van der Waals surface area contributed by atoms with E-state index in [1.807, 2.05) is 0 Å². The van der Waals surface area contributed by atoms with Crippen molar-refractivity contribution >= 4 is 36.3 Å². The molecule has 4 amide bonds. The van der Waals surface area contributed by atoms with E-state index in [-0.39, 0.29) is 43.3 Å². The van der Waals surface area contributed by atoms with Crippen LogP contribution in [0.2, 0.25) is 0 Å². The summed E-state index contributed by atoms with van der Waals surface area (Å²) in [6, 6.07) is 0. The molecule has 0 saturated heterocycles. The molecular formula is C27H52N4O4S. The number of hydrogen-bond acceptors (Lipinski definition) is 5. The summed E-state index contributed by atoms with van der Waals surface area (Å²) in [6.45, 7) is -0.226. The Morgan fingerprint density at radius 3 is 1.11 bits per heavy atom. The summed E-state index contributed by atoms with van der Waals surface area (Å²) < 4.78 is 0. The molecule has 9 heteroatoms. The minimum absolute atomic E-state index is 0.0382. The number of thiol groups is 1. The molecule has 0 aromatic heterocycles. The van der Waals surface area contributed by atoms with Crippen molar-refractivity contribution in [2.24, 2.45) is 0 Å². The summed E-state index contributed by atoms with van der Waals surface area (Å²) in [5, 5.41) is 0. The van der Waals surface area contributed by atoms with E-state index in [1.54, 1.807) is 21.1 Å². The lowest BCUT2D eigenvalue weighted by molar-refractivity contribution is -0.143. The second-order valence-electron chi connectivity index (χ2n) is 10.1. The summed E-state index contributed by atoms with van der Waals surface area (Å²) in [5.41, 5.74) is 0. The highest BCUT2D eigenvalue weighted by atomic mass is 32.1. The quantitative estimate of drug-likeness (QED) is 0.181. The highest BCUT2D eigenvalue weighted by Gasteiger charge is 2.20. The Bertz CT molecular complexity index is 645. The molecule has 210 valence electrons. The molecule has 0 atom stereocenters. The van der Waals surface area contributed by atoms with Crippen LogP contribution >= 0.6 is 12.6 Å². The lowest BCUT2D eigenvalue weighted by Crippen LogP contribution is -2.46. The molecule has 0 aromatic rings. The molecule has 0 bridgehead atoms. The molecule has 0 fully saturated rings. The molecule has 0 rings (SSSR count). The summed E-state index contributed by atoms with van der Waals surface area (Å²) >= 11 is 4.24.